The zero-order chi connectivity index (χ0) is 15.8. The number of hydrogen-bond donors (Lipinski definition) is 1. The van der Waals surface area contributed by atoms with E-state index in [-0.39, 0.29) is 11.9 Å². The van der Waals surface area contributed by atoms with E-state index in [0.29, 0.717) is 17.7 Å². The Morgan fingerprint density at radius 1 is 1.39 bits per heavy atom. The molecule has 2 saturated heterocycles. The number of ether oxygens (including phenoxy) is 1. The summed E-state index contributed by atoms with van der Waals surface area (Å²) in [6, 6.07) is 8.59. The van der Waals surface area contributed by atoms with Crippen LogP contribution in [0.5, 0.6) is 0 Å². The van der Waals surface area contributed by atoms with Crippen LogP contribution in [0.25, 0.3) is 0 Å². The summed E-state index contributed by atoms with van der Waals surface area (Å²) in [6.07, 6.45) is 1.90. The molecular weight excluding hydrogens is 310 g/mol. The van der Waals surface area contributed by atoms with Crippen LogP contribution in [-0.4, -0.2) is 47.2 Å². The third-order valence-electron chi connectivity index (χ3n) is 4.94. The van der Waals surface area contributed by atoms with Gasteiger partial charge in [0, 0.05) is 49.2 Å². The predicted octanol–water partition coefficient (Wildman–Crippen LogP) is 1.72. The molecule has 0 bridgehead atoms. The van der Waals surface area contributed by atoms with Crippen molar-refractivity contribution in [3.63, 3.8) is 0 Å². The zero-order valence-electron chi connectivity index (χ0n) is 13.1. The van der Waals surface area contributed by atoms with Gasteiger partial charge in [-0.1, -0.05) is 6.07 Å². The predicted molar refractivity (Wildman–Crippen MR) is 89.5 cm³/mol. The van der Waals surface area contributed by atoms with Gasteiger partial charge in [-0.05, 0) is 23.6 Å². The summed E-state index contributed by atoms with van der Waals surface area (Å²) in [5, 5.41) is 5.34. The Kier molecular flexibility index (Phi) is 3.97. The van der Waals surface area contributed by atoms with Crippen LogP contribution in [-0.2, 0) is 18.3 Å². The van der Waals surface area contributed by atoms with Crippen LogP contribution in [0.4, 0.5) is 0 Å². The van der Waals surface area contributed by atoms with Crippen molar-refractivity contribution in [3.05, 3.63) is 46.4 Å². The molecule has 5 nitrogen and oxygen atoms in total. The molecule has 3 atom stereocenters. The lowest BCUT2D eigenvalue weighted by atomic mass is 10.00. The molecule has 23 heavy (non-hydrogen) atoms. The second kappa shape index (κ2) is 6.11. The highest BCUT2D eigenvalue weighted by Crippen LogP contribution is 2.32. The van der Waals surface area contributed by atoms with E-state index in [2.05, 4.69) is 27.7 Å². The van der Waals surface area contributed by atoms with Gasteiger partial charge in [0.25, 0.3) is 5.91 Å². The summed E-state index contributed by atoms with van der Waals surface area (Å²) in [6.45, 7) is 3.35. The summed E-state index contributed by atoms with van der Waals surface area (Å²) >= 11 is 1.79. The van der Waals surface area contributed by atoms with Gasteiger partial charge in [-0.2, -0.15) is 0 Å². The molecule has 0 spiro atoms. The lowest BCUT2D eigenvalue weighted by Crippen LogP contribution is -2.42. The average molecular weight is 331 g/mol. The number of nitrogens with one attached hydrogen (secondary N) is 1. The van der Waals surface area contributed by atoms with Crippen molar-refractivity contribution in [2.75, 3.05) is 19.8 Å². The van der Waals surface area contributed by atoms with E-state index in [1.54, 1.807) is 11.3 Å². The number of likely N-dealkylation sites (tertiary alicyclic amines) is 1. The minimum atomic E-state index is 0.00567. The van der Waals surface area contributed by atoms with E-state index in [4.69, 9.17) is 4.74 Å². The van der Waals surface area contributed by atoms with Crippen LogP contribution in [0.1, 0.15) is 15.4 Å². The molecule has 2 aliphatic rings. The van der Waals surface area contributed by atoms with Crippen molar-refractivity contribution in [1.29, 1.82) is 0 Å². The van der Waals surface area contributed by atoms with Crippen LogP contribution in [0.3, 0.4) is 0 Å². The van der Waals surface area contributed by atoms with Gasteiger partial charge in [0.2, 0.25) is 0 Å². The zero-order valence-corrected chi connectivity index (χ0v) is 14.0. The summed E-state index contributed by atoms with van der Waals surface area (Å²) < 4.78 is 7.55. The number of thiophene rings is 1. The standard InChI is InChI=1S/C17H21N3O2S/c1-19-6-2-5-15(19)17(21)18-14-9-20(8-12-4-3-7-23-12)16-11-22-10-13(14)16/h2-7,13-14,16H,8-11H2,1H3,(H,18,21)/t13-,14-,16-/m1/s1. The van der Waals surface area contributed by atoms with Gasteiger partial charge in [-0.3, -0.25) is 9.69 Å². The van der Waals surface area contributed by atoms with E-state index in [1.165, 1.54) is 4.88 Å². The highest BCUT2D eigenvalue weighted by Gasteiger charge is 2.45. The van der Waals surface area contributed by atoms with Gasteiger partial charge in [-0.15, -0.1) is 11.3 Å². The number of carbonyl (C=O) groups is 1. The summed E-state index contributed by atoms with van der Waals surface area (Å²) in [5.41, 5.74) is 0.706. The first kappa shape index (κ1) is 14.9. The molecule has 0 saturated carbocycles. The third-order valence-corrected chi connectivity index (χ3v) is 5.80. The number of hydrogen-bond acceptors (Lipinski definition) is 4. The maximum absolute atomic E-state index is 12.5. The van der Waals surface area contributed by atoms with Crippen molar-refractivity contribution >= 4 is 17.2 Å². The third kappa shape index (κ3) is 2.82. The second-order valence-electron chi connectivity index (χ2n) is 6.36. The smallest absolute Gasteiger partial charge is 0.268 e. The summed E-state index contributed by atoms with van der Waals surface area (Å²) in [7, 11) is 1.90. The maximum atomic E-state index is 12.5. The highest BCUT2D eigenvalue weighted by molar-refractivity contribution is 7.09. The fourth-order valence-corrected chi connectivity index (χ4v) is 4.45. The van der Waals surface area contributed by atoms with Gasteiger partial charge in [0.15, 0.2) is 0 Å². The van der Waals surface area contributed by atoms with E-state index >= 15 is 0 Å². The first-order valence-electron chi connectivity index (χ1n) is 7.99. The molecule has 2 aliphatic heterocycles. The Morgan fingerprint density at radius 2 is 2.30 bits per heavy atom. The Bertz CT molecular complexity index is 682. The fraction of sp³-hybridized carbons (Fsp3) is 0.471. The van der Waals surface area contributed by atoms with Crippen molar-refractivity contribution in [1.82, 2.24) is 14.8 Å². The largest absolute Gasteiger partial charge is 0.379 e. The van der Waals surface area contributed by atoms with Gasteiger partial charge in [0.05, 0.1) is 13.2 Å². The minimum Gasteiger partial charge on any atom is -0.379 e. The monoisotopic (exact) mass is 331 g/mol. The maximum Gasteiger partial charge on any atom is 0.268 e. The van der Waals surface area contributed by atoms with Crippen LogP contribution >= 0.6 is 11.3 Å². The highest BCUT2D eigenvalue weighted by atomic mass is 32.1. The van der Waals surface area contributed by atoms with Gasteiger partial charge < -0.3 is 14.6 Å². The lowest BCUT2D eigenvalue weighted by Gasteiger charge is -2.21. The topological polar surface area (TPSA) is 46.5 Å². The number of aryl methyl sites for hydroxylation is 1. The molecule has 0 aliphatic carbocycles. The molecule has 0 unspecified atom stereocenters. The summed E-state index contributed by atoms with van der Waals surface area (Å²) in [5.74, 6) is 0.394. The number of nitrogens with zero attached hydrogens (tertiary/aromatic N) is 2. The van der Waals surface area contributed by atoms with Crippen LogP contribution in [0.2, 0.25) is 0 Å². The molecule has 1 N–H and O–H groups in total. The fourth-order valence-electron chi connectivity index (χ4n) is 3.72. The first-order chi connectivity index (χ1) is 11.2. The SMILES string of the molecule is Cn1cccc1C(=O)N[C@@H]1CN(Cc2cccs2)[C@@H]2COC[C@@H]21. The van der Waals surface area contributed by atoms with E-state index in [1.807, 2.05) is 29.9 Å². The van der Waals surface area contributed by atoms with E-state index in [0.717, 1.165) is 26.3 Å². The van der Waals surface area contributed by atoms with E-state index < -0.39 is 0 Å². The summed E-state index contributed by atoms with van der Waals surface area (Å²) in [4.78, 5) is 16.3. The number of fused-ring (bicyclic) bond motifs is 1. The molecule has 4 heterocycles. The van der Waals surface area contributed by atoms with Crippen molar-refractivity contribution < 1.29 is 9.53 Å². The minimum absolute atomic E-state index is 0.00567. The van der Waals surface area contributed by atoms with Crippen molar-refractivity contribution in [2.24, 2.45) is 13.0 Å². The Balaban J connectivity index is 1.46. The number of rotatable bonds is 4. The average Bonchev–Trinajstić information content (AvgIpc) is 3.28. The normalized spacial score (nSPS) is 27.3. The van der Waals surface area contributed by atoms with Gasteiger partial charge in [0.1, 0.15) is 5.69 Å². The van der Waals surface area contributed by atoms with Crippen molar-refractivity contribution in [3.8, 4) is 0 Å². The molecule has 2 aromatic heterocycles. The lowest BCUT2D eigenvalue weighted by molar-refractivity contribution is 0.0907. The molecule has 4 rings (SSSR count). The molecule has 122 valence electrons. The molecule has 0 radical (unpaired) electrons. The molecule has 1 amide bonds. The number of aromatic nitrogens is 1. The Hall–Kier alpha value is -1.63. The van der Waals surface area contributed by atoms with Crippen molar-refractivity contribution in [2.45, 2.75) is 18.6 Å². The van der Waals surface area contributed by atoms with Crippen LogP contribution < -0.4 is 5.32 Å². The second-order valence-corrected chi connectivity index (χ2v) is 7.39. The molecule has 0 aromatic carbocycles. The van der Waals surface area contributed by atoms with Crippen LogP contribution in [0.15, 0.2) is 35.8 Å². The number of carbonyl (C=O) groups excluding carboxylic acids is 1. The molecular formula is C17H21N3O2S. The Morgan fingerprint density at radius 3 is 3.04 bits per heavy atom. The molecule has 2 fully saturated rings. The van der Waals surface area contributed by atoms with Gasteiger partial charge >= 0.3 is 0 Å². The first-order valence-corrected chi connectivity index (χ1v) is 8.86. The number of amides is 1. The van der Waals surface area contributed by atoms with Gasteiger partial charge in [-0.25, -0.2) is 0 Å². The molecule has 2 aromatic rings. The van der Waals surface area contributed by atoms with Crippen LogP contribution in [0, 0.1) is 5.92 Å². The molecule has 6 heteroatoms. The van der Waals surface area contributed by atoms with E-state index in [9.17, 15) is 4.79 Å². The Labute approximate surface area is 139 Å². The quantitative estimate of drug-likeness (QED) is 0.928.